The number of carbonyl (C=O) groups is 3. The quantitative estimate of drug-likeness (QED) is 0.461. The summed E-state index contributed by atoms with van der Waals surface area (Å²) in [6, 6.07) is 17.4. The van der Waals surface area contributed by atoms with E-state index >= 15 is 0 Å². The van der Waals surface area contributed by atoms with Crippen molar-refractivity contribution in [1.29, 1.82) is 0 Å². The number of hydrogen-bond donors (Lipinski definition) is 0. The molecule has 0 radical (unpaired) electrons. The number of esters is 1. The van der Waals surface area contributed by atoms with E-state index in [2.05, 4.69) is 0 Å². The van der Waals surface area contributed by atoms with Crippen LogP contribution in [0.2, 0.25) is 0 Å². The highest BCUT2D eigenvalue weighted by molar-refractivity contribution is 6.12. The zero-order valence-electron chi connectivity index (χ0n) is 17.5. The van der Waals surface area contributed by atoms with Crippen LogP contribution in [0.5, 0.6) is 0 Å². The fraction of sp³-hybridized carbons (Fsp3) is 0.208. The number of aromatic nitrogens is 1. The number of hydrogen-bond acceptors (Lipinski definition) is 4. The van der Waals surface area contributed by atoms with Gasteiger partial charge >= 0.3 is 5.97 Å². The molecule has 0 N–H and O–H groups in total. The number of ether oxygens (including phenoxy) is 1. The van der Waals surface area contributed by atoms with Gasteiger partial charge in [0.2, 0.25) is 5.78 Å². The lowest BCUT2D eigenvalue weighted by atomic mass is 10.1. The number of ketones is 1. The fourth-order valence-electron chi connectivity index (χ4n) is 3.22. The van der Waals surface area contributed by atoms with E-state index in [4.69, 9.17) is 4.74 Å². The highest BCUT2D eigenvalue weighted by Crippen LogP contribution is 2.19. The normalized spacial score (nSPS) is 10.5. The van der Waals surface area contributed by atoms with Gasteiger partial charge in [-0.05, 0) is 44.2 Å². The summed E-state index contributed by atoms with van der Waals surface area (Å²) in [5, 5.41) is 0. The number of nitrogens with zero attached hydrogens (tertiary/aromatic N) is 2. The zero-order chi connectivity index (χ0) is 21.8. The van der Waals surface area contributed by atoms with Crippen LogP contribution >= 0.6 is 0 Å². The number of benzene rings is 2. The number of para-hydroxylation sites is 1. The van der Waals surface area contributed by atoms with Gasteiger partial charge in [0.1, 0.15) is 0 Å². The minimum Gasteiger partial charge on any atom is -0.454 e. The van der Waals surface area contributed by atoms with Crippen LogP contribution in [0.4, 0.5) is 5.69 Å². The summed E-state index contributed by atoms with van der Waals surface area (Å²) in [6.45, 7) is 3.36. The number of carbonyl (C=O) groups excluding carboxylic acids is 3. The molecule has 0 spiro atoms. The first-order chi connectivity index (χ1) is 14.3. The molecule has 0 atom stereocenters. The van der Waals surface area contributed by atoms with Gasteiger partial charge in [0, 0.05) is 36.7 Å². The molecule has 2 aromatic carbocycles. The van der Waals surface area contributed by atoms with E-state index in [0.29, 0.717) is 11.3 Å². The van der Waals surface area contributed by atoms with Crippen LogP contribution in [0.1, 0.15) is 42.5 Å². The maximum Gasteiger partial charge on any atom is 0.339 e. The minimum atomic E-state index is -0.709. The van der Waals surface area contributed by atoms with E-state index in [0.717, 1.165) is 11.4 Å². The van der Waals surface area contributed by atoms with E-state index in [1.54, 1.807) is 31.3 Å². The third-order valence-electron chi connectivity index (χ3n) is 5.24. The number of Topliss-reactive ketones (excluding diaryl/α,β-unsaturated/α-hetero) is 1. The van der Waals surface area contributed by atoms with Gasteiger partial charge in [-0.15, -0.1) is 0 Å². The molecule has 1 aromatic heterocycles. The van der Waals surface area contributed by atoms with Crippen molar-refractivity contribution in [3.8, 4) is 0 Å². The number of anilines is 1. The third kappa shape index (κ3) is 4.17. The zero-order valence-corrected chi connectivity index (χ0v) is 17.5. The van der Waals surface area contributed by atoms with Crippen LogP contribution in [0.3, 0.4) is 0 Å². The maximum absolute atomic E-state index is 13.0. The van der Waals surface area contributed by atoms with Crippen molar-refractivity contribution in [3.05, 3.63) is 88.7 Å². The fourth-order valence-corrected chi connectivity index (χ4v) is 3.22. The largest absolute Gasteiger partial charge is 0.454 e. The Labute approximate surface area is 175 Å². The van der Waals surface area contributed by atoms with Gasteiger partial charge in [0.15, 0.2) is 6.61 Å². The Balaban J connectivity index is 1.76. The Morgan fingerprint density at radius 3 is 2.10 bits per heavy atom. The molecule has 0 unspecified atom stereocenters. The minimum absolute atomic E-state index is 0.124. The second-order valence-corrected chi connectivity index (χ2v) is 7.09. The van der Waals surface area contributed by atoms with Crippen molar-refractivity contribution >= 4 is 23.3 Å². The lowest BCUT2D eigenvalue weighted by molar-refractivity contribution is 0.0472. The number of amides is 1. The van der Waals surface area contributed by atoms with Crippen molar-refractivity contribution in [1.82, 2.24) is 4.57 Å². The molecule has 0 aliphatic heterocycles. The molecule has 3 rings (SSSR count). The molecule has 0 aliphatic rings. The van der Waals surface area contributed by atoms with Crippen molar-refractivity contribution < 1.29 is 19.1 Å². The SMILES string of the molecule is Cc1cc(C(=O)COC(=O)c2ccccc2C(=O)N(C)c2ccccc2)c(C)n1C. The molecule has 154 valence electrons. The molecule has 1 heterocycles. The molecule has 0 fully saturated rings. The number of aryl methyl sites for hydroxylation is 1. The lowest BCUT2D eigenvalue weighted by Crippen LogP contribution is -2.28. The third-order valence-corrected chi connectivity index (χ3v) is 5.24. The van der Waals surface area contributed by atoms with E-state index in [1.165, 1.54) is 11.0 Å². The van der Waals surface area contributed by atoms with Crippen molar-refractivity contribution in [3.63, 3.8) is 0 Å². The van der Waals surface area contributed by atoms with Crippen molar-refractivity contribution in [2.45, 2.75) is 13.8 Å². The molecule has 0 saturated carbocycles. The number of rotatable bonds is 6. The summed E-state index contributed by atoms with van der Waals surface area (Å²) in [5.41, 5.74) is 3.33. The second kappa shape index (κ2) is 8.78. The standard InChI is InChI=1S/C24H24N2O4/c1-16-14-21(17(2)25(16)3)22(27)15-30-24(29)20-13-9-8-12-19(20)23(28)26(4)18-10-6-5-7-11-18/h5-14H,15H2,1-4H3. The average molecular weight is 404 g/mol. The van der Waals surface area contributed by atoms with Gasteiger partial charge < -0.3 is 14.2 Å². The van der Waals surface area contributed by atoms with Crippen LogP contribution in [0.15, 0.2) is 60.7 Å². The highest BCUT2D eigenvalue weighted by atomic mass is 16.5. The topological polar surface area (TPSA) is 68.6 Å². The van der Waals surface area contributed by atoms with Gasteiger partial charge in [0.25, 0.3) is 5.91 Å². The molecule has 0 saturated heterocycles. The average Bonchev–Trinajstić information content (AvgIpc) is 3.04. The molecule has 0 aliphatic carbocycles. The summed E-state index contributed by atoms with van der Waals surface area (Å²) in [5.74, 6) is -1.33. The van der Waals surface area contributed by atoms with E-state index < -0.39 is 5.97 Å². The highest BCUT2D eigenvalue weighted by Gasteiger charge is 2.23. The molecule has 6 nitrogen and oxygen atoms in total. The summed E-state index contributed by atoms with van der Waals surface area (Å²) in [4.78, 5) is 39.6. The summed E-state index contributed by atoms with van der Waals surface area (Å²) < 4.78 is 7.16. The van der Waals surface area contributed by atoms with Gasteiger partial charge in [-0.1, -0.05) is 30.3 Å². The van der Waals surface area contributed by atoms with Crippen molar-refractivity contribution in [2.75, 3.05) is 18.6 Å². The Bertz CT molecular complexity index is 1100. The van der Waals surface area contributed by atoms with E-state index in [-0.39, 0.29) is 29.4 Å². The molecular formula is C24H24N2O4. The van der Waals surface area contributed by atoms with Gasteiger partial charge in [-0.2, -0.15) is 0 Å². The second-order valence-electron chi connectivity index (χ2n) is 7.09. The summed E-state index contributed by atoms with van der Waals surface area (Å²) in [7, 11) is 3.52. The molecule has 1 amide bonds. The predicted octanol–water partition coefficient (Wildman–Crippen LogP) is 3.96. The van der Waals surface area contributed by atoms with Gasteiger partial charge in [0.05, 0.1) is 11.1 Å². The predicted molar refractivity (Wildman–Crippen MR) is 115 cm³/mol. The van der Waals surface area contributed by atoms with Crippen LogP contribution in [0.25, 0.3) is 0 Å². The van der Waals surface area contributed by atoms with Crippen LogP contribution in [0, 0.1) is 13.8 Å². The molecule has 0 bridgehead atoms. The van der Waals surface area contributed by atoms with Crippen LogP contribution < -0.4 is 4.90 Å². The van der Waals surface area contributed by atoms with Gasteiger partial charge in [-0.25, -0.2) is 4.79 Å². The Hall–Kier alpha value is -3.67. The van der Waals surface area contributed by atoms with Gasteiger partial charge in [-0.3, -0.25) is 9.59 Å². The first-order valence-corrected chi connectivity index (χ1v) is 9.56. The van der Waals surface area contributed by atoms with Crippen LogP contribution in [-0.4, -0.2) is 35.9 Å². The molecule has 30 heavy (non-hydrogen) atoms. The first-order valence-electron chi connectivity index (χ1n) is 9.56. The first kappa shape index (κ1) is 21.0. The molecule has 6 heteroatoms. The molecular weight excluding hydrogens is 380 g/mol. The van der Waals surface area contributed by atoms with E-state index in [1.807, 2.05) is 55.8 Å². The lowest BCUT2D eigenvalue weighted by Gasteiger charge is -2.18. The Kier molecular flexibility index (Phi) is 6.16. The molecule has 3 aromatic rings. The van der Waals surface area contributed by atoms with Crippen molar-refractivity contribution in [2.24, 2.45) is 7.05 Å². The monoisotopic (exact) mass is 404 g/mol. The summed E-state index contributed by atoms with van der Waals surface area (Å²) >= 11 is 0. The Morgan fingerprint density at radius 1 is 0.900 bits per heavy atom. The smallest absolute Gasteiger partial charge is 0.339 e. The Morgan fingerprint density at radius 2 is 1.50 bits per heavy atom. The van der Waals surface area contributed by atoms with Crippen LogP contribution in [-0.2, 0) is 11.8 Å². The van der Waals surface area contributed by atoms with E-state index in [9.17, 15) is 14.4 Å². The summed E-state index contributed by atoms with van der Waals surface area (Å²) in [6.07, 6.45) is 0. The maximum atomic E-state index is 13.0.